The van der Waals surface area contributed by atoms with Gasteiger partial charge in [-0.05, 0) is 31.2 Å². The van der Waals surface area contributed by atoms with Gasteiger partial charge in [-0.3, -0.25) is 9.59 Å². The lowest BCUT2D eigenvalue weighted by molar-refractivity contribution is -0.274. The van der Waals surface area contributed by atoms with Crippen LogP contribution >= 0.6 is 0 Å². The summed E-state index contributed by atoms with van der Waals surface area (Å²) in [5.41, 5.74) is 0.349. The Labute approximate surface area is 125 Å². The zero-order valence-corrected chi connectivity index (χ0v) is 11.8. The molecule has 1 N–H and O–H groups in total. The summed E-state index contributed by atoms with van der Waals surface area (Å²) in [7, 11) is 0. The van der Waals surface area contributed by atoms with Gasteiger partial charge in [0.05, 0.1) is 5.92 Å². The van der Waals surface area contributed by atoms with E-state index in [0.29, 0.717) is 18.8 Å². The Kier molecular flexibility index (Phi) is 4.58. The summed E-state index contributed by atoms with van der Waals surface area (Å²) in [6, 6.07) is 4.85. The number of likely N-dealkylation sites (tertiary alicyclic amines) is 1. The quantitative estimate of drug-likeness (QED) is 0.928. The standard InChI is InChI=1S/C14H15F3N2O3/c1-2-19-8-9(7-12(19)20)13(21)18-10-3-5-11(6-4-10)22-14(15,16)17/h3-6,9H,2,7-8H2,1H3,(H,18,21)/t9-/m1/s1. The van der Waals surface area contributed by atoms with Crippen LogP contribution in [0.5, 0.6) is 5.75 Å². The van der Waals surface area contributed by atoms with E-state index in [1.807, 2.05) is 6.92 Å². The van der Waals surface area contributed by atoms with Crippen LogP contribution in [0.2, 0.25) is 0 Å². The number of anilines is 1. The number of hydrogen-bond donors (Lipinski definition) is 1. The van der Waals surface area contributed by atoms with E-state index >= 15 is 0 Å². The number of amides is 2. The normalized spacial score (nSPS) is 18.5. The van der Waals surface area contributed by atoms with Crippen molar-refractivity contribution >= 4 is 17.5 Å². The molecule has 1 heterocycles. The summed E-state index contributed by atoms with van der Waals surface area (Å²) in [5, 5.41) is 2.58. The fraction of sp³-hybridized carbons (Fsp3) is 0.429. The van der Waals surface area contributed by atoms with Crippen molar-refractivity contribution in [1.82, 2.24) is 4.90 Å². The Morgan fingerprint density at radius 3 is 2.50 bits per heavy atom. The molecule has 5 nitrogen and oxygen atoms in total. The predicted molar refractivity (Wildman–Crippen MR) is 72.1 cm³/mol. The molecule has 1 fully saturated rings. The monoisotopic (exact) mass is 316 g/mol. The molecule has 0 saturated carbocycles. The number of carbonyl (C=O) groups is 2. The van der Waals surface area contributed by atoms with E-state index < -0.39 is 12.3 Å². The highest BCUT2D eigenvalue weighted by Gasteiger charge is 2.33. The third-order valence-corrected chi connectivity index (χ3v) is 3.32. The summed E-state index contributed by atoms with van der Waals surface area (Å²) in [4.78, 5) is 25.2. The largest absolute Gasteiger partial charge is 0.573 e. The summed E-state index contributed by atoms with van der Waals surface area (Å²) >= 11 is 0. The first kappa shape index (κ1) is 16.1. The van der Waals surface area contributed by atoms with Gasteiger partial charge in [-0.25, -0.2) is 0 Å². The van der Waals surface area contributed by atoms with Crippen molar-refractivity contribution in [3.8, 4) is 5.75 Å². The number of nitrogens with zero attached hydrogens (tertiary/aromatic N) is 1. The van der Waals surface area contributed by atoms with Crippen LogP contribution in [0.1, 0.15) is 13.3 Å². The van der Waals surface area contributed by atoms with Gasteiger partial charge in [0.25, 0.3) is 0 Å². The number of alkyl halides is 3. The Balaban J connectivity index is 1.94. The van der Waals surface area contributed by atoms with Crippen molar-refractivity contribution in [2.75, 3.05) is 18.4 Å². The van der Waals surface area contributed by atoms with Crippen LogP contribution in [-0.2, 0) is 9.59 Å². The minimum absolute atomic E-state index is 0.0726. The van der Waals surface area contributed by atoms with Gasteiger partial charge >= 0.3 is 6.36 Å². The first-order valence-corrected chi connectivity index (χ1v) is 6.73. The molecular formula is C14H15F3N2O3. The number of halogens is 3. The molecule has 0 bridgehead atoms. The van der Waals surface area contributed by atoms with Crippen molar-refractivity contribution in [2.45, 2.75) is 19.7 Å². The summed E-state index contributed by atoms with van der Waals surface area (Å²) < 4.78 is 39.8. The van der Waals surface area contributed by atoms with Crippen molar-refractivity contribution in [3.05, 3.63) is 24.3 Å². The highest BCUT2D eigenvalue weighted by Crippen LogP contribution is 2.25. The third-order valence-electron chi connectivity index (χ3n) is 3.32. The van der Waals surface area contributed by atoms with Crippen molar-refractivity contribution in [1.29, 1.82) is 0 Å². The van der Waals surface area contributed by atoms with Gasteiger partial charge < -0.3 is 15.0 Å². The molecule has 1 atom stereocenters. The molecule has 22 heavy (non-hydrogen) atoms. The lowest BCUT2D eigenvalue weighted by atomic mass is 10.1. The van der Waals surface area contributed by atoms with E-state index in [0.717, 1.165) is 12.1 Å². The highest BCUT2D eigenvalue weighted by atomic mass is 19.4. The van der Waals surface area contributed by atoms with Crippen LogP contribution < -0.4 is 10.1 Å². The maximum atomic E-state index is 12.0. The number of rotatable bonds is 4. The number of carbonyl (C=O) groups excluding carboxylic acids is 2. The second-order valence-corrected chi connectivity index (χ2v) is 4.89. The molecule has 2 rings (SSSR count). The minimum atomic E-state index is -4.75. The van der Waals surface area contributed by atoms with E-state index in [1.165, 1.54) is 12.1 Å². The molecule has 8 heteroatoms. The van der Waals surface area contributed by atoms with Gasteiger partial charge in [-0.2, -0.15) is 0 Å². The first-order valence-electron chi connectivity index (χ1n) is 6.73. The molecule has 1 aromatic carbocycles. The fourth-order valence-electron chi connectivity index (χ4n) is 2.24. The molecule has 1 aromatic rings. The van der Waals surface area contributed by atoms with Crippen LogP contribution in [0.15, 0.2) is 24.3 Å². The molecule has 0 aromatic heterocycles. The molecular weight excluding hydrogens is 301 g/mol. The van der Waals surface area contributed by atoms with Crippen LogP contribution in [0.3, 0.4) is 0 Å². The van der Waals surface area contributed by atoms with Gasteiger partial charge in [0.1, 0.15) is 5.75 Å². The Hall–Kier alpha value is -2.25. The van der Waals surface area contributed by atoms with Crippen LogP contribution in [0.4, 0.5) is 18.9 Å². The smallest absolute Gasteiger partial charge is 0.406 e. The topological polar surface area (TPSA) is 58.6 Å². The first-order chi connectivity index (χ1) is 10.3. The molecule has 120 valence electrons. The third kappa shape index (κ3) is 4.12. The van der Waals surface area contributed by atoms with Crippen LogP contribution in [0, 0.1) is 5.92 Å². The summed E-state index contributed by atoms with van der Waals surface area (Å²) in [5.74, 6) is -1.21. The highest BCUT2D eigenvalue weighted by molar-refractivity contribution is 5.97. The van der Waals surface area contributed by atoms with Crippen molar-refractivity contribution in [3.63, 3.8) is 0 Å². The van der Waals surface area contributed by atoms with Gasteiger partial charge in [0.2, 0.25) is 11.8 Å². The Morgan fingerprint density at radius 2 is 2.00 bits per heavy atom. The molecule has 1 saturated heterocycles. The van der Waals surface area contributed by atoms with E-state index in [1.54, 1.807) is 4.90 Å². The predicted octanol–water partition coefficient (Wildman–Crippen LogP) is 2.39. The minimum Gasteiger partial charge on any atom is -0.406 e. The fourth-order valence-corrected chi connectivity index (χ4v) is 2.24. The average Bonchev–Trinajstić information content (AvgIpc) is 2.81. The number of benzene rings is 1. The molecule has 0 aliphatic carbocycles. The molecule has 0 radical (unpaired) electrons. The maximum Gasteiger partial charge on any atom is 0.573 e. The van der Waals surface area contributed by atoms with E-state index in [2.05, 4.69) is 10.1 Å². The number of hydrogen-bond acceptors (Lipinski definition) is 3. The number of ether oxygens (including phenoxy) is 1. The van der Waals surface area contributed by atoms with Crippen LogP contribution in [-0.4, -0.2) is 36.2 Å². The van der Waals surface area contributed by atoms with Crippen LogP contribution in [0.25, 0.3) is 0 Å². The molecule has 1 aliphatic heterocycles. The van der Waals surface area contributed by atoms with Gasteiger partial charge in [0.15, 0.2) is 0 Å². The van der Waals surface area contributed by atoms with Gasteiger partial charge in [0, 0.05) is 25.2 Å². The van der Waals surface area contributed by atoms with Crippen molar-refractivity contribution < 1.29 is 27.5 Å². The molecule has 2 amide bonds. The zero-order valence-electron chi connectivity index (χ0n) is 11.8. The second kappa shape index (κ2) is 6.25. The van der Waals surface area contributed by atoms with Gasteiger partial charge in [-0.1, -0.05) is 0 Å². The SMILES string of the molecule is CCN1C[C@H](C(=O)Nc2ccc(OC(F)(F)F)cc2)CC1=O. The average molecular weight is 316 g/mol. The van der Waals surface area contributed by atoms with E-state index in [9.17, 15) is 22.8 Å². The lowest BCUT2D eigenvalue weighted by Gasteiger charge is -2.14. The summed E-state index contributed by atoms with van der Waals surface area (Å²) in [6.07, 6.45) is -4.60. The zero-order chi connectivity index (χ0) is 16.3. The molecule has 1 aliphatic rings. The molecule has 0 spiro atoms. The maximum absolute atomic E-state index is 12.0. The lowest BCUT2D eigenvalue weighted by Crippen LogP contribution is -2.28. The second-order valence-electron chi connectivity index (χ2n) is 4.89. The summed E-state index contributed by atoms with van der Waals surface area (Å²) in [6.45, 7) is 2.74. The van der Waals surface area contributed by atoms with Crippen molar-refractivity contribution in [2.24, 2.45) is 5.92 Å². The molecule has 0 unspecified atom stereocenters. The van der Waals surface area contributed by atoms with E-state index in [-0.39, 0.29) is 24.0 Å². The van der Waals surface area contributed by atoms with E-state index in [4.69, 9.17) is 0 Å². The van der Waals surface area contributed by atoms with Gasteiger partial charge in [-0.15, -0.1) is 13.2 Å². The number of nitrogens with one attached hydrogen (secondary N) is 1. The Morgan fingerprint density at radius 1 is 1.36 bits per heavy atom. The Bertz CT molecular complexity index is 557.